The van der Waals surface area contributed by atoms with Gasteiger partial charge in [0.15, 0.2) is 18.9 Å². The summed E-state index contributed by atoms with van der Waals surface area (Å²) < 4.78 is 33.8. The van der Waals surface area contributed by atoms with Crippen molar-refractivity contribution in [3.63, 3.8) is 0 Å². The highest BCUT2D eigenvalue weighted by Crippen LogP contribution is 2.31. The van der Waals surface area contributed by atoms with Crippen molar-refractivity contribution < 1.29 is 73.8 Å². The Balaban J connectivity index is 1.87. The number of amides is 2. The molecule has 0 radical (unpaired) electrons. The highest BCUT2D eigenvalue weighted by atomic mass is 16.7. The standard InChI is InChI=1S/C23H40N2O15/c1-7-14(29)18(33)19(34)23(37-7)36-6-11-20(17(32)13(25-9(3)28)21(35-4)39-11)40-22-12(24-8(2)27)16(31)15(30)10(5-26)38-22/h7,10-23,26,29-34H,5-6H2,1-4H3,(H,24,27)(H,25,28)/t7-,10-,11-,12+,13-,14+,15+,16-,17-,18+,19+,20+,21-,22+,23-/m1/s1. The molecule has 3 aliphatic heterocycles. The van der Waals surface area contributed by atoms with Crippen LogP contribution in [0.5, 0.6) is 0 Å². The van der Waals surface area contributed by atoms with E-state index in [0.717, 1.165) is 6.92 Å². The molecule has 0 saturated carbocycles. The largest absolute Gasteiger partial charge is 0.394 e. The van der Waals surface area contributed by atoms with Crippen LogP contribution in [-0.2, 0) is 38.0 Å². The van der Waals surface area contributed by atoms with E-state index >= 15 is 0 Å². The first-order valence-corrected chi connectivity index (χ1v) is 12.8. The van der Waals surface area contributed by atoms with Crippen LogP contribution in [0.4, 0.5) is 0 Å². The zero-order valence-corrected chi connectivity index (χ0v) is 22.5. The molecule has 3 rings (SSSR count). The molecule has 232 valence electrons. The molecule has 0 spiro atoms. The molecule has 0 unspecified atom stereocenters. The molecular weight excluding hydrogens is 544 g/mol. The Labute approximate surface area is 229 Å². The molecule has 17 heteroatoms. The van der Waals surface area contributed by atoms with E-state index in [1.54, 1.807) is 0 Å². The number of aliphatic hydroxyl groups excluding tert-OH is 7. The van der Waals surface area contributed by atoms with Crippen molar-refractivity contribution in [1.82, 2.24) is 10.6 Å². The fourth-order valence-corrected chi connectivity index (χ4v) is 4.89. The van der Waals surface area contributed by atoms with E-state index in [-0.39, 0.29) is 0 Å². The maximum Gasteiger partial charge on any atom is 0.217 e. The Morgan fingerprint density at radius 2 is 1.30 bits per heavy atom. The van der Waals surface area contributed by atoms with Crippen LogP contribution in [0.15, 0.2) is 0 Å². The SMILES string of the molecule is CO[C@@H]1O[C@H](CO[C@@H]2O[C@H](C)[C@H](O)[C@H](O)[C@@H]2O)[C@H](O[C@@H]2O[C@H](CO)[C@H](O)[C@H](O)[C@@H]2NC(C)=O)[C@H](O)[C@H]1NC(C)=O. The predicted octanol–water partition coefficient (Wildman–Crippen LogP) is -5.60. The number of methoxy groups -OCH3 is 1. The number of nitrogens with one attached hydrogen (secondary N) is 2. The maximum absolute atomic E-state index is 11.8. The van der Waals surface area contributed by atoms with Crippen molar-refractivity contribution in [2.75, 3.05) is 20.3 Å². The van der Waals surface area contributed by atoms with Gasteiger partial charge in [-0.15, -0.1) is 0 Å². The number of carbonyl (C=O) groups excluding carboxylic acids is 2. The zero-order valence-electron chi connectivity index (χ0n) is 22.5. The van der Waals surface area contributed by atoms with Gasteiger partial charge >= 0.3 is 0 Å². The highest BCUT2D eigenvalue weighted by molar-refractivity contribution is 5.73. The second kappa shape index (κ2) is 14.1. The van der Waals surface area contributed by atoms with Crippen LogP contribution in [0.3, 0.4) is 0 Å². The Morgan fingerprint density at radius 3 is 1.85 bits per heavy atom. The van der Waals surface area contributed by atoms with E-state index in [9.17, 15) is 45.3 Å². The number of rotatable bonds is 9. The van der Waals surface area contributed by atoms with Crippen molar-refractivity contribution in [3.05, 3.63) is 0 Å². The summed E-state index contributed by atoms with van der Waals surface area (Å²) in [6.45, 7) is 2.64. The van der Waals surface area contributed by atoms with Gasteiger partial charge in [-0.1, -0.05) is 0 Å². The normalized spacial score (nSPS) is 46.0. The minimum Gasteiger partial charge on any atom is -0.394 e. The molecule has 0 aromatic heterocycles. The van der Waals surface area contributed by atoms with Gasteiger partial charge in [0.25, 0.3) is 0 Å². The quantitative estimate of drug-likeness (QED) is 0.122. The second-order valence-corrected chi connectivity index (χ2v) is 10.0. The number of aliphatic hydroxyl groups is 7. The molecule has 9 N–H and O–H groups in total. The first-order valence-electron chi connectivity index (χ1n) is 12.8. The molecule has 15 atom stereocenters. The smallest absolute Gasteiger partial charge is 0.217 e. The summed E-state index contributed by atoms with van der Waals surface area (Å²) >= 11 is 0. The molecule has 3 aliphatic rings. The fraction of sp³-hybridized carbons (Fsp3) is 0.913. The van der Waals surface area contributed by atoms with Crippen molar-refractivity contribution in [2.24, 2.45) is 0 Å². The van der Waals surface area contributed by atoms with Crippen LogP contribution in [0.25, 0.3) is 0 Å². The number of hydrogen-bond acceptors (Lipinski definition) is 15. The van der Waals surface area contributed by atoms with Gasteiger partial charge in [0, 0.05) is 21.0 Å². The van der Waals surface area contributed by atoms with Crippen LogP contribution in [-0.4, -0.2) is 160 Å². The van der Waals surface area contributed by atoms with Crippen LogP contribution >= 0.6 is 0 Å². The molecule has 40 heavy (non-hydrogen) atoms. The average molecular weight is 585 g/mol. The summed E-state index contributed by atoms with van der Waals surface area (Å²) in [7, 11) is 1.26. The van der Waals surface area contributed by atoms with E-state index in [1.807, 2.05) is 0 Å². The third-order valence-corrected chi connectivity index (χ3v) is 7.05. The Morgan fingerprint density at radius 1 is 0.725 bits per heavy atom. The van der Waals surface area contributed by atoms with Crippen LogP contribution < -0.4 is 10.6 Å². The molecule has 0 aromatic rings. The summed E-state index contributed by atoms with van der Waals surface area (Å²) in [5.41, 5.74) is 0. The number of ether oxygens (including phenoxy) is 6. The van der Waals surface area contributed by atoms with Crippen molar-refractivity contribution >= 4 is 11.8 Å². The van der Waals surface area contributed by atoms with Crippen LogP contribution in [0.1, 0.15) is 20.8 Å². The minimum absolute atomic E-state index is 0.461. The monoisotopic (exact) mass is 584 g/mol. The maximum atomic E-state index is 11.8. The lowest BCUT2D eigenvalue weighted by atomic mass is 9.94. The van der Waals surface area contributed by atoms with Crippen molar-refractivity contribution in [3.8, 4) is 0 Å². The molecule has 0 bridgehead atoms. The van der Waals surface area contributed by atoms with Crippen LogP contribution in [0.2, 0.25) is 0 Å². The van der Waals surface area contributed by atoms with E-state index in [0.29, 0.717) is 0 Å². The number of carbonyl (C=O) groups is 2. The molecule has 0 aromatic carbocycles. The van der Waals surface area contributed by atoms with Crippen LogP contribution in [0, 0.1) is 0 Å². The molecule has 0 aliphatic carbocycles. The first kappa shape index (κ1) is 32.9. The van der Waals surface area contributed by atoms with E-state index in [1.165, 1.54) is 21.0 Å². The molecular formula is C23H40N2O15. The van der Waals surface area contributed by atoms with Gasteiger partial charge in [0.1, 0.15) is 67.0 Å². The summed E-state index contributed by atoms with van der Waals surface area (Å²) in [5.74, 6) is -1.14. The van der Waals surface area contributed by atoms with E-state index in [2.05, 4.69) is 10.6 Å². The van der Waals surface area contributed by atoms with Gasteiger partial charge in [-0.2, -0.15) is 0 Å². The van der Waals surface area contributed by atoms with Gasteiger partial charge in [-0.05, 0) is 6.92 Å². The lowest BCUT2D eigenvalue weighted by molar-refractivity contribution is -0.342. The van der Waals surface area contributed by atoms with Gasteiger partial charge < -0.3 is 74.8 Å². The third kappa shape index (κ3) is 7.24. The van der Waals surface area contributed by atoms with E-state index in [4.69, 9.17) is 28.4 Å². The predicted molar refractivity (Wildman–Crippen MR) is 128 cm³/mol. The summed E-state index contributed by atoms with van der Waals surface area (Å²) in [5, 5.41) is 77.1. The molecule has 3 fully saturated rings. The lowest BCUT2D eigenvalue weighted by Crippen LogP contribution is -2.69. The zero-order chi connectivity index (χ0) is 29.9. The Hall–Kier alpha value is -1.58. The third-order valence-electron chi connectivity index (χ3n) is 7.05. The van der Waals surface area contributed by atoms with Gasteiger partial charge in [-0.25, -0.2) is 0 Å². The molecule has 2 amide bonds. The van der Waals surface area contributed by atoms with Crippen molar-refractivity contribution in [1.29, 1.82) is 0 Å². The summed E-state index contributed by atoms with van der Waals surface area (Å²) in [6, 6.07) is -2.53. The lowest BCUT2D eigenvalue weighted by Gasteiger charge is -2.48. The molecule has 3 saturated heterocycles. The Bertz CT molecular complexity index is 853. The second-order valence-electron chi connectivity index (χ2n) is 10.0. The average Bonchev–Trinajstić information content (AvgIpc) is 2.90. The fourth-order valence-electron chi connectivity index (χ4n) is 4.89. The minimum atomic E-state index is -1.64. The topological polar surface area (TPSA) is 255 Å². The van der Waals surface area contributed by atoms with Gasteiger partial charge in [-0.3, -0.25) is 9.59 Å². The summed E-state index contributed by atoms with van der Waals surface area (Å²) in [6.07, 6.45) is -18.5. The Kier molecular flexibility index (Phi) is 11.6. The van der Waals surface area contributed by atoms with Gasteiger partial charge in [0.05, 0.1) is 19.3 Å². The summed E-state index contributed by atoms with van der Waals surface area (Å²) in [4.78, 5) is 23.7. The van der Waals surface area contributed by atoms with E-state index < -0.39 is 117 Å². The molecule has 3 heterocycles. The number of hydrogen-bond donors (Lipinski definition) is 9. The highest BCUT2D eigenvalue weighted by Gasteiger charge is 2.52. The molecule has 17 nitrogen and oxygen atoms in total. The van der Waals surface area contributed by atoms with Crippen molar-refractivity contribution in [2.45, 2.75) is 113 Å². The van der Waals surface area contributed by atoms with Gasteiger partial charge in [0.2, 0.25) is 11.8 Å². The first-order chi connectivity index (χ1) is 18.8.